The molecule has 6 heteroatoms. The maximum atomic E-state index is 11.4. The lowest BCUT2D eigenvalue weighted by Crippen LogP contribution is -2.49. The summed E-state index contributed by atoms with van der Waals surface area (Å²) in [5.41, 5.74) is 1.90. The molecule has 2 heterocycles. The highest BCUT2D eigenvalue weighted by atomic mass is 32.1. The van der Waals surface area contributed by atoms with Crippen LogP contribution < -0.4 is 4.90 Å². The van der Waals surface area contributed by atoms with Gasteiger partial charge < -0.3 is 14.7 Å². The molecule has 26 heavy (non-hydrogen) atoms. The van der Waals surface area contributed by atoms with Crippen LogP contribution in [-0.2, 0) is 11.3 Å². The minimum absolute atomic E-state index is 0.0941. The second-order valence-corrected chi connectivity index (χ2v) is 7.67. The number of carbonyl (C=O) groups excluding carboxylic acids is 1. The lowest BCUT2D eigenvalue weighted by atomic mass is 10.1. The summed E-state index contributed by atoms with van der Waals surface area (Å²) in [7, 11) is 0. The second kappa shape index (κ2) is 9.28. The molecule has 1 fully saturated rings. The van der Waals surface area contributed by atoms with E-state index in [4.69, 9.17) is 4.74 Å². The van der Waals surface area contributed by atoms with Crippen LogP contribution in [0.15, 0.2) is 41.8 Å². The van der Waals surface area contributed by atoms with E-state index in [1.165, 1.54) is 4.88 Å². The average molecular weight is 375 g/mol. The molecular weight excluding hydrogens is 348 g/mol. The molecule has 1 aliphatic heterocycles. The Balaban J connectivity index is 1.38. The number of carbonyl (C=O) groups is 1. The molecule has 1 N–H and O–H groups in total. The summed E-state index contributed by atoms with van der Waals surface area (Å²) in [5, 5.41) is 12.2. The van der Waals surface area contributed by atoms with E-state index in [2.05, 4.69) is 9.80 Å². The minimum atomic E-state index is -0.462. The molecule has 0 amide bonds. The minimum Gasteiger partial charge on any atom is -0.389 e. The first kappa shape index (κ1) is 19.0. The van der Waals surface area contributed by atoms with Crippen molar-refractivity contribution < 1.29 is 14.6 Å². The number of aliphatic hydroxyl groups is 1. The van der Waals surface area contributed by atoms with Gasteiger partial charge >= 0.3 is 0 Å². The number of Topliss-reactive ketones (excluding diaryl/α,β-unsaturated/α-hetero) is 1. The Morgan fingerprint density at radius 1 is 1.19 bits per heavy atom. The molecule has 0 bridgehead atoms. The lowest BCUT2D eigenvalue weighted by Gasteiger charge is -2.36. The van der Waals surface area contributed by atoms with Crippen LogP contribution in [0.1, 0.15) is 22.2 Å². The van der Waals surface area contributed by atoms with E-state index in [1.807, 2.05) is 41.8 Å². The molecule has 0 saturated carbocycles. The smallest absolute Gasteiger partial charge is 0.159 e. The number of hydrogen-bond donors (Lipinski definition) is 1. The first-order valence-electron chi connectivity index (χ1n) is 8.98. The summed E-state index contributed by atoms with van der Waals surface area (Å²) in [6.45, 7) is 6.82. The van der Waals surface area contributed by atoms with E-state index in [-0.39, 0.29) is 5.78 Å². The molecule has 3 rings (SSSR count). The predicted molar refractivity (Wildman–Crippen MR) is 105 cm³/mol. The largest absolute Gasteiger partial charge is 0.389 e. The Labute approximate surface area is 158 Å². The van der Waals surface area contributed by atoms with Gasteiger partial charge in [-0.25, -0.2) is 0 Å². The van der Waals surface area contributed by atoms with Crippen LogP contribution in [0.5, 0.6) is 0 Å². The van der Waals surface area contributed by atoms with E-state index in [1.54, 1.807) is 18.3 Å². The van der Waals surface area contributed by atoms with Gasteiger partial charge in [0.15, 0.2) is 5.78 Å². The number of thiophene rings is 1. The normalized spacial score (nSPS) is 16.6. The van der Waals surface area contributed by atoms with Crippen LogP contribution in [-0.4, -0.2) is 61.2 Å². The van der Waals surface area contributed by atoms with E-state index < -0.39 is 6.10 Å². The summed E-state index contributed by atoms with van der Waals surface area (Å²) in [5.74, 6) is 0.0941. The Kier molecular flexibility index (Phi) is 6.80. The van der Waals surface area contributed by atoms with Gasteiger partial charge in [-0.05, 0) is 42.6 Å². The third-order valence-corrected chi connectivity index (χ3v) is 5.46. The van der Waals surface area contributed by atoms with Crippen LogP contribution in [0.4, 0.5) is 5.69 Å². The van der Waals surface area contributed by atoms with Gasteiger partial charge in [0.05, 0.1) is 19.3 Å². The Morgan fingerprint density at radius 3 is 2.54 bits per heavy atom. The number of nitrogens with zero attached hydrogens (tertiary/aromatic N) is 2. The molecule has 1 aromatic heterocycles. The molecule has 1 aliphatic rings. The molecule has 0 radical (unpaired) electrons. The van der Waals surface area contributed by atoms with E-state index in [9.17, 15) is 9.90 Å². The van der Waals surface area contributed by atoms with Crippen molar-refractivity contribution in [1.82, 2.24) is 4.90 Å². The van der Waals surface area contributed by atoms with Gasteiger partial charge in [0.1, 0.15) is 0 Å². The standard InChI is InChI=1S/C20H26N2O3S/c1-16(23)17-4-6-18(7-5-17)22-10-8-21(9-11-22)13-19(24)14-25-15-20-3-2-12-26-20/h2-7,12,19,24H,8-11,13-15H2,1H3/t19-/m1/s1. The number of β-amino-alcohol motifs (C(OH)–C–C–N with tert-alkyl or cyclic N) is 1. The zero-order valence-corrected chi connectivity index (χ0v) is 16.0. The highest BCUT2D eigenvalue weighted by molar-refractivity contribution is 7.09. The van der Waals surface area contributed by atoms with Gasteiger partial charge in [-0.1, -0.05) is 6.07 Å². The summed E-state index contributed by atoms with van der Waals surface area (Å²) >= 11 is 1.67. The van der Waals surface area contributed by atoms with Crippen LogP contribution in [0.25, 0.3) is 0 Å². The molecule has 2 aromatic rings. The lowest BCUT2D eigenvalue weighted by molar-refractivity contribution is 0.00991. The SMILES string of the molecule is CC(=O)c1ccc(N2CCN(C[C@@H](O)COCc3cccs3)CC2)cc1. The highest BCUT2D eigenvalue weighted by Gasteiger charge is 2.19. The number of ketones is 1. The summed E-state index contributed by atoms with van der Waals surface area (Å²) in [4.78, 5) is 17.1. The van der Waals surface area contributed by atoms with Crippen molar-refractivity contribution >= 4 is 22.8 Å². The summed E-state index contributed by atoms with van der Waals surface area (Å²) in [6.07, 6.45) is -0.462. The number of anilines is 1. The van der Waals surface area contributed by atoms with Crippen LogP contribution in [0.2, 0.25) is 0 Å². The number of ether oxygens (including phenoxy) is 1. The third kappa shape index (κ3) is 5.38. The maximum Gasteiger partial charge on any atom is 0.159 e. The number of piperazine rings is 1. The zero-order valence-electron chi connectivity index (χ0n) is 15.1. The van der Waals surface area contributed by atoms with Crippen LogP contribution in [0.3, 0.4) is 0 Å². The Bertz CT molecular complexity index is 680. The summed E-state index contributed by atoms with van der Waals surface area (Å²) < 4.78 is 5.60. The van der Waals surface area contributed by atoms with Gasteiger partial charge in [0.2, 0.25) is 0 Å². The second-order valence-electron chi connectivity index (χ2n) is 6.64. The van der Waals surface area contributed by atoms with Crippen molar-refractivity contribution in [3.8, 4) is 0 Å². The quantitative estimate of drug-likeness (QED) is 0.720. The molecule has 1 saturated heterocycles. The molecule has 0 spiro atoms. The Hall–Kier alpha value is -1.73. The topological polar surface area (TPSA) is 53.0 Å². The van der Waals surface area contributed by atoms with Crippen molar-refractivity contribution in [2.24, 2.45) is 0 Å². The fourth-order valence-corrected chi connectivity index (χ4v) is 3.78. The Morgan fingerprint density at radius 2 is 1.92 bits per heavy atom. The van der Waals surface area contributed by atoms with Crippen LogP contribution in [0, 0.1) is 0 Å². The zero-order chi connectivity index (χ0) is 18.4. The van der Waals surface area contributed by atoms with Gasteiger partial charge in [0.25, 0.3) is 0 Å². The number of rotatable bonds is 8. The van der Waals surface area contributed by atoms with Gasteiger partial charge in [0, 0.05) is 48.9 Å². The number of benzene rings is 1. The van der Waals surface area contributed by atoms with Crippen molar-refractivity contribution in [1.29, 1.82) is 0 Å². The fourth-order valence-electron chi connectivity index (χ4n) is 3.14. The fraction of sp³-hybridized carbons (Fsp3) is 0.450. The molecule has 140 valence electrons. The first-order valence-corrected chi connectivity index (χ1v) is 9.86. The van der Waals surface area contributed by atoms with Crippen molar-refractivity contribution in [3.05, 3.63) is 52.2 Å². The van der Waals surface area contributed by atoms with Crippen molar-refractivity contribution in [2.75, 3.05) is 44.2 Å². The summed E-state index contributed by atoms with van der Waals surface area (Å²) in [6, 6.07) is 11.9. The van der Waals surface area contributed by atoms with Gasteiger partial charge in [-0.3, -0.25) is 9.69 Å². The molecule has 0 unspecified atom stereocenters. The van der Waals surface area contributed by atoms with Gasteiger partial charge in [-0.2, -0.15) is 0 Å². The predicted octanol–water partition coefficient (Wildman–Crippen LogP) is 2.65. The highest BCUT2D eigenvalue weighted by Crippen LogP contribution is 2.18. The molecule has 0 aliphatic carbocycles. The monoisotopic (exact) mass is 374 g/mol. The van der Waals surface area contributed by atoms with E-state index in [0.29, 0.717) is 19.8 Å². The van der Waals surface area contributed by atoms with Crippen molar-refractivity contribution in [3.63, 3.8) is 0 Å². The molecule has 1 aromatic carbocycles. The van der Waals surface area contributed by atoms with E-state index >= 15 is 0 Å². The van der Waals surface area contributed by atoms with Crippen LogP contribution >= 0.6 is 11.3 Å². The third-order valence-electron chi connectivity index (χ3n) is 4.61. The van der Waals surface area contributed by atoms with E-state index in [0.717, 1.165) is 37.4 Å². The number of hydrogen-bond acceptors (Lipinski definition) is 6. The average Bonchev–Trinajstić information content (AvgIpc) is 3.16. The number of aliphatic hydroxyl groups excluding tert-OH is 1. The first-order chi connectivity index (χ1) is 12.6. The molecule has 5 nitrogen and oxygen atoms in total. The van der Waals surface area contributed by atoms with Gasteiger partial charge in [-0.15, -0.1) is 11.3 Å². The molecular formula is C20H26N2O3S. The van der Waals surface area contributed by atoms with Crippen molar-refractivity contribution in [2.45, 2.75) is 19.6 Å². The molecule has 1 atom stereocenters. The maximum absolute atomic E-state index is 11.4.